The number of carbonyl (C=O) groups is 2. The first-order valence-electron chi connectivity index (χ1n) is 8.44. The van der Waals surface area contributed by atoms with Crippen LogP contribution in [0.15, 0.2) is 42.5 Å². The molecule has 126 valence electrons. The Kier molecular flexibility index (Phi) is 5.30. The van der Waals surface area contributed by atoms with Gasteiger partial charge in [0.25, 0.3) is 5.91 Å². The molecule has 0 saturated heterocycles. The lowest BCUT2D eigenvalue weighted by Gasteiger charge is -2.18. The van der Waals surface area contributed by atoms with Crippen molar-refractivity contribution in [1.82, 2.24) is 5.32 Å². The van der Waals surface area contributed by atoms with Crippen molar-refractivity contribution >= 4 is 28.2 Å². The van der Waals surface area contributed by atoms with Crippen LogP contribution in [0.1, 0.15) is 53.9 Å². The monoisotopic (exact) mass is 342 g/mol. The fourth-order valence-electron chi connectivity index (χ4n) is 2.62. The third kappa shape index (κ3) is 4.23. The maximum Gasteiger partial charge on any atom is 0.261 e. The normalized spacial score (nSPS) is 14.9. The van der Waals surface area contributed by atoms with Crippen LogP contribution >= 0.6 is 11.3 Å². The van der Waals surface area contributed by atoms with Gasteiger partial charge in [-0.25, -0.2) is 0 Å². The summed E-state index contributed by atoms with van der Waals surface area (Å²) in [6, 6.07) is 13.6. The smallest absolute Gasteiger partial charge is 0.261 e. The Morgan fingerprint density at radius 1 is 1.17 bits per heavy atom. The second-order valence-corrected chi connectivity index (χ2v) is 7.24. The zero-order chi connectivity index (χ0) is 16.9. The molecule has 24 heavy (non-hydrogen) atoms. The van der Waals surface area contributed by atoms with E-state index in [0.717, 1.165) is 36.2 Å². The molecule has 0 aliphatic heterocycles. The summed E-state index contributed by atoms with van der Waals surface area (Å²) in [6.07, 6.45) is 3.83. The molecule has 2 N–H and O–H groups in total. The van der Waals surface area contributed by atoms with Gasteiger partial charge in [0, 0.05) is 5.92 Å². The van der Waals surface area contributed by atoms with Crippen LogP contribution in [0.3, 0.4) is 0 Å². The van der Waals surface area contributed by atoms with Crippen LogP contribution in [0.4, 0.5) is 5.00 Å². The number of rotatable bonds is 7. The fourth-order valence-corrected chi connectivity index (χ4v) is 3.43. The summed E-state index contributed by atoms with van der Waals surface area (Å²) >= 11 is 1.33. The second kappa shape index (κ2) is 7.62. The average molecular weight is 342 g/mol. The molecule has 1 saturated carbocycles. The van der Waals surface area contributed by atoms with E-state index in [1.165, 1.54) is 11.3 Å². The highest BCUT2D eigenvalue weighted by atomic mass is 32.1. The maximum absolute atomic E-state index is 12.5. The average Bonchev–Trinajstić information content (AvgIpc) is 3.35. The molecule has 1 aliphatic carbocycles. The van der Waals surface area contributed by atoms with Gasteiger partial charge in [0.2, 0.25) is 5.91 Å². The summed E-state index contributed by atoms with van der Waals surface area (Å²) in [5, 5.41) is 6.74. The van der Waals surface area contributed by atoms with E-state index >= 15 is 0 Å². The van der Waals surface area contributed by atoms with E-state index in [0.29, 0.717) is 4.88 Å². The molecule has 4 nitrogen and oxygen atoms in total. The van der Waals surface area contributed by atoms with Gasteiger partial charge in [-0.05, 0) is 37.0 Å². The van der Waals surface area contributed by atoms with Crippen molar-refractivity contribution in [2.75, 3.05) is 5.32 Å². The molecule has 3 rings (SSSR count). The van der Waals surface area contributed by atoms with Crippen LogP contribution in [-0.4, -0.2) is 11.8 Å². The third-order valence-corrected chi connectivity index (χ3v) is 5.11. The van der Waals surface area contributed by atoms with Crippen LogP contribution in [0.25, 0.3) is 0 Å². The van der Waals surface area contributed by atoms with E-state index in [2.05, 4.69) is 17.6 Å². The first kappa shape index (κ1) is 16.7. The molecule has 1 aliphatic rings. The molecule has 0 spiro atoms. The third-order valence-electron chi connectivity index (χ3n) is 4.11. The van der Waals surface area contributed by atoms with Gasteiger partial charge in [0.05, 0.1) is 15.9 Å². The first-order chi connectivity index (χ1) is 11.7. The maximum atomic E-state index is 12.5. The van der Waals surface area contributed by atoms with Gasteiger partial charge in [-0.2, -0.15) is 0 Å². The Hall–Kier alpha value is -2.14. The molecular formula is C19H22N2O2S. The van der Waals surface area contributed by atoms with Crippen molar-refractivity contribution in [2.45, 2.75) is 38.6 Å². The molecule has 2 aromatic rings. The molecule has 0 radical (unpaired) electrons. The van der Waals surface area contributed by atoms with Gasteiger partial charge in [0.15, 0.2) is 0 Å². The van der Waals surface area contributed by atoms with Crippen LogP contribution in [0.5, 0.6) is 0 Å². The van der Waals surface area contributed by atoms with Gasteiger partial charge in [-0.15, -0.1) is 11.3 Å². The second-order valence-electron chi connectivity index (χ2n) is 6.15. The molecule has 1 atom stereocenters. The SMILES string of the molecule is CCC[C@@H](NC(=O)c1ccc(NC(=O)C2CC2)s1)c1ccccc1. The lowest BCUT2D eigenvalue weighted by molar-refractivity contribution is -0.117. The van der Waals surface area contributed by atoms with Crippen LogP contribution < -0.4 is 10.6 Å². The molecular weight excluding hydrogens is 320 g/mol. The number of amides is 2. The topological polar surface area (TPSA) is 58.2 Å². The predicted octanol–water partition coefficient (Wildman–Crippen LogP) is 4.37. The lowest BCUT2D eigenvalue weighted by atomic mass is 10.0. The number of anilines is 1. The predicted molar refractivity (Wildman–Crippen MR) is 97.2 cm³/mol. The number of thiophene rings is 1. The molecule has 1 aromatic heterocycles. The van der Waals surface area contributed by atoms with E-state index in [1.54, 1.807) is 12.1 Å². The summed E-state index contributed by atoms with van der Waals surface area (Å²) < 4.78 is 0. The fraction of sp³-hybridized carbons (Fsp3) is 0.368. The van der Waals surface area contributed by atoms with Gasteiger partial charge in [0.1, 0.15) is 0 Å². The quantitative estimate of drug-likeness (QED) is 0.785. The summed E-state index contributed by atoms with van der Waals surface area (Å²) in [4.78, 5) is 25.0. The lowest BCUT2D eigenvalue weighted by Crippen LogP contribution is -2.27. The summed E-state index contributed by atoms with van der Waals surface area (Å²) in [6.45, 7) is 2.11. The Morgan fingerprint density at radius 2 is 1.92 bits per heavy atom. The number of benzene rings is 1. The van der Waals surface area contributed by atoms with E-state index in [-0.39, 0.29) is 23.8 Å². The molecule has 1 heterocycles. The van der Waals surface area contributed by atoms with E-state index < -0.39 is 0 Å². The summed E-state index contributed by atoms with van der Waals surface area (Å²) in [5.74, 6) is 0.141. The molecule has 1 aromatic carbocycles. The highest BCUT2D eigenvalue weighted by Gasteiger charge is 2.30. The van der Waals surface area contributed by atoms with Crippen molar-refractivity contribution in [2.24, 2.45) is 5.92 Å². The van der Waals surface area contributed by atoms with Crippen LogP contribution in [0, 0.1) is 5.92 Å². The van der Waals surface area contributed by atoms with Crippen molar-refractivity contribution in [1.29, 1.82) is 0 Å². The molecule has 1 fully saturated rings. The number of nitrogens with one attached hydrogen (secondary N) is 2. The van der Waals surface area contributed by atoms with E-state index in [1.807, 2.05) is 30.3 Å². The number of hydrogen-bond acceptors (Lipinski definition) is 3. The zero-order valence-electron chi connectivity index (χ0n) is 13.7. The van der Waals surface area contributed by atoms with Crippen molar-refractivity contribution < 1.29 is 9.59 Å². The summed E-state index contributed by atoms with van der Waals surface area (Å²) in [5.41, 5.74) is 1.12. The Labute approximate surface area is 146 Å². The highest BCUT2D eigenvalue weighted by Crippen LogP contribution is 2.31. The van der Waals surface area contributed by atoms with E-state index in [4.69, 9.17) is 0 Å². The Balaban J connectivity index is 1.64. The van der Waals surface area contributed by atoms with Crippen LogP contribution in [-0.2, 0) is 4.79 Å². The van der Waals surface area contributed by atoms with E-state index in [9.17, 15) is 9.59 Å². The highest BCUT2D eigenvalue weighted by molar-refractivity contribution is 7.18. The largest absolute Gasteiger partial charge is 0.345 e. The molecule has 0 unspecified atom stereocenters. The van der Waals surface area contributed by atoms with Gasteiger partial charge in [-0.3, -0.25) is 9.59 Å². The minimum Gasteiger partial charge on any atom is -0.345 e. The standard InChI is InChI=1S/C19H22N2O2S/c1-2-6-15(13-7-4-3-5-8-13)20-19(23)16-11-12-17(24-16)21-18(22)14-9-10-14/h3-5,7-8,11-12,14-15H,2,6,9-10H2,1H3,(H,20,23)(H,21,22)/t15-/m1/s1. The minimum atomic E-state index is -0.0887. The summed E-state index contributed by atoms with van der Waals surface area (Å²) in [7, 11) is 0. The van der Waals surface area contributed by atoms with Crippen LogP contribution in [0.2, 0.25) is 0 Å². The Bertz CT molecular complexity index is 707. The number of hydrogen-bond donors (Lipinski definition) is 2. The molecule has 0 bridgehead atoms. The Morgan fingerprint density at radius 3 is 2.58 bits per heavy atom. The van der Waals surface area contributed by atoms with Crippen molar-refractivity contribution in [3.8, 4) is 0 Å². The van der Waals surface area contributed by atoms with Crippen molar-refractivity contribution in [3.63, 3.8) is 0 Å². The molecule has 2 amide bonds. The zero-order valence-corrected chi connectivity index (χ0v) is 14.6. The van der Waals surface area contributed by atoms with Crippen molar-refractivity contribution in [3.05, 3.63) is 52.9 Å². The molecule has 5 heteroatoms. The minimum absolute atomic E-state index is 0.00954. The van der Waals surface area contributed by atoms with Gasteiger partial charge < -0.3 is 10.6 Å². The first-order valence-corrected chi connectivity index (χ1v) is 9.25. The van der Waals surface area contributed by atoms with Gasteiger partial charge >= 0.3 is 0 Å². The van der Waals surface area contributed by atoms with Gasteiger partial charge in [-0.1, -0.05) is 43.7 Å². The number of carbonyl (C=O) groups excluding carboxylic acids is 2.